The van der Waals surface area contributed by atoms with Crippen LogP contribution in [0.1, 0.15) is 58.8 Å². The molecule has 7 rings (SSSR count). The number of benzene rings is 1. The molecular formula is C27H31FN2O3. The number of fused-ring (bicyclic) bond motifs is 2. The molecular weight excluding hydrogens is 419 g/mol. The lowest BCUT2D eigenvalue weighted by Crippen LogP contribution is -2.75. The van der Waals surface area contributed by atoms with Crippen molar-refractivity contribution in [3.63, 3.8) is 0 Å². The van der Waals surface area contributed by atoms with Crippen LogP contribution in [0.15, 0.2) is 30.5 Å². The first-order valence-corrected chi connectivity index (χ1v) is 12.4. The molecule has 1 heterocycles. The van der Waals surface area contributed by atoms with Crippen LogP contribution in [-0.2, 0) is 9.59 Å². The second-order valence-corrected chi connectivity index (χ2v) is 11.2. The number of nitrogens with zero attached hydrogens (tertiary/aromatic N) is 1. The molecule has 5 atom stereocenters. The summed E-state index contributed by atoms with van der Waals surface area (Å²) in [4.78, 5) is 29.1. The number of carbonyl (C=O) groups is 2. The second-order valence-electron chi connectivity index (χ2n) is 11.2. The SMILES string of the molecule is CCC(=O)CC12CC(NC(=O)C(C)C3[C@H]4CC(Oc5ccnc6ccc(F)cc56)C[C@@H]34)(C1)C2. The molecule has 5 nitrogen and oxygen atoms in total. The van der Waals surface area contributed by atoms with Crippen molar-refractivity contribution in [2.45, 2.75) is 70.4 Å². The predicted molar refractivity (Wildman–Crippen MR) is 122 cm³/mol. The lowest BCUT2D eigenvalue weighted by Gasteiger charge is -2.71. The minimum Gasteiger partial charge on any atom is -0.490 e. The minimum atomic E-state index is -0.291. The van der Waals surface area contributed by atoms with Crippen LogP contribution in [0.5, 0.6) is 5.75 Å². The van der Waals surface area contributed by atoms with Gasteiger partial charge in [0.2, 0.25) is 5.91 Å². The van der Waals surface area contributed by atoms with Gasteiger partial charge < -0.3 is 10.1 Å². The molecule has 33 heavy (non-hydrogen) atoms. The maximum Gasteiger partial charge on any atom is 0.223 e. The van der Waals surface area contributed by atoms with E-state index in [-0.39, 0.29) is 34.7 Å². The van der Waals surface area contributed by atoms with Gasteiger partial charge in [0.1, 0.15) is 17.3 Å². The number of halogens is 1. The summed E-state index contributed by atoms with van der Waals surface area (Å²) in [6, 6.07) is 6.38. The Hall–Kier alpha value is -2.50. The summed E-state index contributed by atoms with van der Waals surface area (Å²) in [5, 5.41) is 4.05. The molecule has 5 aliphatic carbocycles. The highest BCUT2D eigenvalue weighted by molar-refractivity contribution is 5.85. The number of ether oxygens (including phenoxy) is 1. The molecule has 3 unspecified atom stereocenters. The molecule has 1 N–H and O–H groups in total. The van der Waals surface area contributed by atoms with Crippen molar-refractivity contribution >= 4 is 22.6 Å². The minimum absolute atomic E-state index is 0.0130. The van der Waals surface area contributed by atoms with Crippen LogP contribution in [0, 0.1) is 34.9 Å². The van der Waals surface area contributed by atoms with E-state index in [9.17, 15) is 14.0 Å². The number of Topliss-reactive ketones (excluding diaryl/α,β-unsaturated/α-hetero) is 1. The highest BCUT2D eigenvalue weighted by atomic mass is 19.1. The van der Waals surface area contributed by atoms with E-state index >= 15 is 0 Å². The zero-order chi connectivity index (χ0) is 23.0. The number of carbonyl (C=O) groups excluding carboxylic acids is 2. The fourth-order valence-electron chi connectivity index (χ4n) is 7.47. The van der Waals surface area contributed by atoms with Gasteiger partial charge >= 0.3 is 0 Å². The summed E-state index contributed by atoms with van der Waals surface area (Å²) < 4.78 is 20.0. The Morgan fingerprint density at radius 3 is 2.64 bits per heavy atom. The number of amides is 1. The maximum absolute atomic E-state index is 13.7. The lowest BCUT2D eigenvalue weighted by atomic mass is 9.38. The van der Waals surface area contributed by atoms with Gasteiger partial charge in [0, 0.05) is 35.9 Å². The van der Waals surface area contributed by atoms with E-state index in [0.717, 1.165) is 37.6 Å². The van der Waals surface area contributed by atoms with Crippen LogP contribution in [0.25, 0.3) is 10.9 Å². The first-order chi connectivity index (χ1) is 15.8. The highest BCUT2D eigenvalue weighted by Crippen LogP contribution is 2.69. The van der Waals surface area contributed by atoms with Gasteiger partial charge in [-0.2, -0.15) is 0 Å². The zero-order valence-corrected chi connectivity index (χ0v) is 19.3. The van der Waals surface area contributed by atoms with Gasteiger partial charge in [0.25, 0.3) is 0 Å². The maximum atomic E-state index is 13.7. The van der Waals surface area contributed by atoms with Crippen LogP contribution in [0.2, 0.25) is 0 Å². The van der Waals surface area contributed by atoms with Crippen LogP contribution in [0.3, 0.4) is 0 Å². The number of rotatable bonds is 8. The van der Waals surface area contributed by atoms with Crippen molar-refractivity contribution in [1.82, 2.24) is 10.3 Å². The first-order valence-electron chi connectivity index (χ1n) is 12.4. The van der Waals surface area contributed by atoms with Crippen molar-refractivity contribution in [1.29, 1.82) is 0 Å². The van der Waals surface area contributed by atoms with Gasteiger partial charge in [-0.1, -0.05) is 13.8 Å². The monoisotopic (exact) mass is 450 g/mol. The molecule has 1 amide bonds. The molecule has 1 aromatic carbocycles. The number of hydrogen-bond donors (Lipinski definition) is 1. The molecule has 0 aliphatic heterocycles. The third-order valence-corrected chi connectivity index (χ3v) is 8.91. The van der Waals surface area contributed by atoms with E-state index < -0.39 is 0 Å². The molecule has 6 heteroatoms. The molecule has 1 aromatic heterocycles. The predicted octanol–water partition coefficient (Wildman–Crippen LogP) is 4.82. The molecule has 2 bridgehead atoms. The Morgan fingerprint density at radius 1 is 1.21 bits per heavy atom. The van der Waals surface area contributed by atoms with E-state index in [1.165, 1.54) is 12.1 Å². The van der Waals surface area contributed by atoms with Crippen molar-refractivity contribution in [3.8, 4) is 5.75 Å². The lowest BCUT2D eigenvalue weighted by molar-refractivity contribution is -0.173. The number of ketones is 1. The Balaban J connectivity index is 1.01. The quantitative estimate of drug-likeness (QED) is 0.626. The summed E-state index contributed by atoms with van der Waals surface area (Å²) in [7, 11) is 0. The third-order valence-electron chi connectivity index (χ3n) is 8.91. The van der Waals surface area contributed by atoms with Gasteiger partial charge in [-0.3, -0.25) is 14.6 Å². The van der Waals surface area contributed by atoms with Gasteiger partial charge in [0.15, 0.2) is 0 Å². The fraction of sp³-hybridized carbons (Fsp3) is 0.593. The Labute approximate surface area is 193 Å². The standard InChI is InChI=1S/C27H31FN2O3/c1-3-17(31)11-26-12-27(13-26,14-26)30-25(32)15(2)24-19-9-18(10-20(19)24)33-23-6-7-29-22-5-4-16(28)8-21(22)23/h4-8,15,18-20,24H,3,9-14H2,1-2H3,(H,30,32)/t15?,18?,19-,20+,24?,26?,27?. The summed E-state index contributed by atoms with van der Waals surface area (Å²) in [5.41, 5.74) is 0.881. The molecule has 5 aliphatic rings. The van der Waals surface area contributed by atoms with E-state index in [2.05, 4.69) is 17.2 Å². The largest absolute Gasteiger partial charge is 0.490 e. The average Bonchev–Trinajstić information content (AvgIpc) is 3.25. The normalized spacial score (nSPS) is 36.3. The van der Waals surface area contributed by atoms with E-state index in [4.69, 9.17) is 4.74 Å². The van der Waals surface area contributed by atoms with Crippen LogP contribution < -0.4 is 10.1 Å². The molecule has 174 valence electrons. The first kappa shape index (κ1) is 21.1. The number of aromatic nitrogens is 1. The molecule has 2 aromatic rings. The van der Waals surface area contributed by atoms with Crippen LogP contribution in [-0.4, -0.2) is 28.3 Å². The van der Waals surface area contributed by atoms with E-state index in [0.29, 0.717) is 47.5 Å². The van der Waals surface area contributed by atoms with Crippen molar-refractivity contribution < 1.29 is 18.7 Å². The fourth-order valence-corrected chi connectivity index (χ4v) is 7.47. The summed E-state index contributed by atoms with van der Waals surface area (Å²) in [5.74, 6) is 2.42. The summed E-state index contributed by atoms with van der Waals surface area (Å²) in [6.45, 7) is 3.99. The third kappa shape index (κ3) is 3.44. The zero-order valence-electron chi connectivity index (χ0n) is 19.3. The molecule has 0 spiro atoms. The van der Waals surface area contributed by atoms with E-state index in [1.54, 1.807) is 12.3 Å². The number of hydrogen-bond acceptors (Lipinski definition) is 4. The average molecular weight is 451 g/mol. The van der Waals surface area contributed by atoms with Crippen molar-refractivity contribution in [2.75, 3.05) is 0 Å². The summed E-state index contributed by atoms with van der Waals surface area (Å²) >= 11 is 0. The van der Waals surface area contributed by atoms with Gasteiger partial charge in [-0.05, 0) is 79.5 Å². The van der Waals surface area contributed by atoms with Crippen LogP contribution >= 0.6 is 0 Å². The molecule has 5 fully saturated rings. The Morgan fingerprint density at radius 2 is 1.94 bits per heavy atom. The second kappa shape index (κ2) is 7.25. The summed E-state index contributed by atoms with van der Waals surface area (Å²) in [6.07, 6.45) is 7.90. The van der Waals surface area contributed by atoms with Gasteiger partial charge in [-0.25, -0.2) is 4.39 Å². The topological polar surface area (TPSA) is 68.3 Å². The molecule has 5 saturated carbocycles. The number of pyridine rings is 1. The van der Waals surface area contributed by atoms with Crippen LogP contribution in [0.4, 0.5) is 4.39 Å². The number of nitrogens with one attached hydrogen (secondary N) is 1. The van der Waals surface area contributed by atoms with E-state index in [1.807, 2.05) is 13.0 Å². The van der Waals surface area contributed by atoms with Gasteiger partial charge in [-0.15, -0.1) is 0 Å². The van der Waals surface area contributed by atoms with Gasteiger partial charge in [0.05, 0.1) is 11.6 Å². The highest BCUT2D eigenvalue weighted by Gasteiger charge is 2.69. The molecule has 0 saturated heterocycles. The Kier molecular flexibility index (Phi) is 4.63. The molecule has 0 radical (unpaired) electrons. The van der Waals surface area contributed by atoms with Crippen molar-refractivity contribution in [2.24, 2.45) is 29.1 Å². The van der Waals surface area contributed by atoms with Crippen molar-refractivity contribution in [3.05, 3.63) is 36.3 Å². The Bertz CT molecular complexity index is 1120. The smallest absolute Gasteiger partial charge is 0.223 e.